The van der Waals surface area contributed by atoms with Gasteiger partial charge in [0.05, 0.1) is 0 Å². The molecule has 0 N–H and O–H groups in total. The highest BCUT2D eigenvalue weighted by Gasteiger charge is 2.42. The van der Waals surface area contributed by atoms with E-state index < -0.39 is 30.1 Å². The number of alkyl halides is 1. The lowest BCUT2D eigenvalue weighted by Gasteiger charge is -2.12. The molecule has 1 fully saturated rings. The van der Waals surface area contributed by atoms with Gasteiger partial charge in [0.1, 0.15) is 12.7 Å². The lowest BCUT2D eigenvalue weighted by atomic mass is 10.0. The predicted molar refractivity (Wildman–Crippen MR) is 40.6 cm³/mol. The first-order valence-electron chi connectivity index (χ1n) is 4.00. The Morgan fingerprint density at radius 3 is 2.69 bits per heavy atom. The van der Waals surface area contributed by atoms with Crippen LogP contribution in [0.1, 0.15) is 13.8 Å². The summed E-state index contributed by atoms with van der Waals surface area (Å²) in [6, 6.07) is 0. The summed E-state index contributed by atoms with van der Waals surface area (Å²) in [4.78, 5) is 21.1. The van der Waals surface area contributed by atoms with Gasteiger partial charge in [0.25, 0.3) is 0 Å². The number of esters is 2. The zero-order valence-electron chi connectivity index (χ0n) is 7.45. The number of hydrogen-bond donors (Lipinski definition) is 0. The van der Waals surface area contributed by atoms with E-state index in [0.717, 1.165) is 0 Å². The molecule has 74 valence electrons. The normalized spacial score (nSPS) is 32.8. The predicted octanol–water partition coefficient (Wildman–Crippen LogP) is 0.449. The second kappa shape index (κ2) is 3.72. The van der Waals surface area contributed by atoms with E-state index in [9.17, 15) is 14.0 Å². The molecule has 0 aliphatic carbocycles. The van der Waals surface area contributed by atoms with Gasteiger partial charge >= 0.3 is 11.9 Å². The summed E-state index contributed by atoms with van der Waals surface area (Å²) in [5.41, 5.74) is 0. The van der Waals surface area contributed by atoms with Crippen LogP contribution in [-0.2, 0) is 19.1 Å². The SMILES string of the molecule is CC(=O)OCC1OC(=O)C(F)C1C. The molecule has 0 amide bonds. The first-order valence-corrected chi connectivity index (χ1v) is 4.00. The summed E-state index contributed by atoms with van der Waals surface area (Å²) in [5, 5.41) is 0. The van der Waals surface area contributed by atoms with Crippen LogP contribution < -0.4 is 0 Å². The maximum atomic E-state index is 12.9. The highest BCUT2D eigenvalue weighted by molar-refractivity contribution is 5.77. The lowest BCUT2D eigenvalue weighted by Crippen LogP contribution is -2.24. The van der Waals surface area contributed by atoms with E-state index in [1.54, 1.807) is 6.92 Å². The largest absolute Gasteiger partial charge is 0.462 e. The molecule has 4 nitrogen and oxygen atoms in total. The number of ether oxygens (including phenoxy) is 2. The first kappa shape index (κ1) is 9.95. The minimum atomic E-state index is -1.60. The average Bonchev–Trinajstić information content (AvgIpc) is 2.29. The van der Waals surface area contributed by atoms with E-state index in [4.69, 9.17) is 0 Å². The Bertz CT molecular complexity index is 228. The third-order valence-corrected chi connectivity index (χ3v) is 1.99. The molecule has 3 atom stereocenters. The third-order valence-electron chi connectivity index (χ3n) is 1.99. The van der Waals surface area contributed by atoms with Gasteiger partial charge in [-0.3, -0.25) is 4.79 Å². The van der Waals surface area contributed by atoms with Crippen LogP contribution in [0.5, 0.6) is 0 Å². The zero-order valence-corrected chi connectivity index (χ0v) is 7.45. The van der Waals surface area contributed by atoms with Crippen LogP contribution >= 0.6 is 0 Å². The van der Waals surface area contributed by atoms with E-state index >= 15 is 0 Å². The van der Waals surface area contributed by atoms with Crippen molar-refractivity contribution in [1.29, 1.82) is 0 Å². The van der Waals surface area contributed by atoms with Crippen LogP contribution in [-0.4, -0.2) is 30.8 Å². The molecule has 3 unspecified atom stereocenters. The highest BCUT2D eigenvalue weighted by atomic mass is 19.1. The molecule has 1 heterocycles. The molecule has 0 aromatic heterocycles. The van der Waals surface area contributed by atoms with E-state index in [2.05, 4.69) is 9.47 Å². The molecule has 13 heavy (non-hydrogen) atoms. The smallest absolute Gasteiger partial charge is 0.341 e. The molecule has 1 aliphatic heterocycles. The number of rotatable bonds is 2. The van der Waals surface area contributed by atoms with E-state index in [1.807, 2.05) is 0 Å². The van der Waals surface area contributed by atoms with Gasteiger partial charge in [0.15, 0.2) is 0 Å². The standard InChI is InChI=1S/C8H11FO4/c1-4-6(3-12-5(2)10)13-8(11)7(4)9/h4,6-7H,3H2,1-2H3. The number of carbonyl (C=O) groups excluding carboxylic acids is 2. The average molecular weight is 190 g/mol. The van der Waals surface area contributed by atoms with Crippen molar-refractivity contribution < 1.29 is 23.5 Å². The van der Waals surface area contributed by atoms with Gasteiger partial charge in [-0.1, -0.05) is 6.92 Å². The van der Waals surface area contributed by atoms with Crippen molar-refractivity contribution in [2.75, 3.05) is 6.61 Å². The molecule has 0 aromatic carbocycles. The van der Waals surface area contributed by atoms with Crippen molar-refractivity contribution in [2.24, 2.45) is 5.92 Å². The second-order valence-corrected chi connectivity index (χ2v) is 3.04. The van der Waals surface area contributed by atoms with Crippen LogP contribution in [0.25, 0.3) is 0 Å². The van der Waals surface area contributed by atoms with Crippen molar-refractivity contribution in [3.05, 3.63) is 0 Å². The molecule has 0 aromatic rings. The van der Waals surface area contributed by atoms with Crippen molar-refractivity contribution in [1.82, 2.24) is 0 Å². The van der Waals surface area contributed by atoms with Crippen LogP contribution in [0.3, 0.4) is 0 Å². The van der Waals surface area contributed by atoms with Gasteiger partial charge in [-0.2, -0.15) is 0 Å². The third kappa shape index (κ3) is 2.17. The van der Waals surface area contributed by atoms with Crippen LogP contribution in [0, 0.1) is 5.92 Å². The fourth-order valence-corrected chi connectivity index (χ4v) is 1.11. The summed E-state index contributed by atoms with van der Waals surface area (Å²) in [7, 11) is 0. The summed E-state index contributed by atoms with van der Waals surface area (Å²) in [6.45, 7) is 2.72. The van der Waals surface area contributed by atoms with Gasteiger partial charge in [-0.25, -0.2) is 9.18 Å². The van der Waals surface area contributed by atoms with Crippen molar-refractivity contribution in [3.8, 4) is 0 Å². The quantitative estimate of drug-likeness (QED) is 0.593. The minimum Gasteiger partial charge on any atom is -0.462 e. The maximum absolute atomic E-state index is 12.9. The Morgan fingerprint density at radius 1 is 1.69 bits per heavy atom. The Labute approximate surface area is 75.0 Å². The maximum Gasteiger partial charge on any atom is 0.341 e. The van der Waals surface area contributed by atoms with Crippen LogP contribution in [0.2, 0.25) is 0 Å². The van der Waals surface area contributed by atoms with Gasteiger partial charge in [0.2, 0.25) is 6.17 Å². The van der Waals surface area contributed by atoms with Crippen LogP contribution in [0.15, 0.2) is 0 Å². The number of carbonyl (C=O) groups is 2. The molecule has 0 bridgehead atoms. The fourth-order valence-electron chi connectivity index (χ4n) is 1.11. The Morgan fingerprint density at radius 2 is 2.31 bits per heavy atom. The van der Waals surface area contributed by atoms with Crippen molar-refractivity contribution in [2.45, 2.75) is 26.1 Å². The lowest BCUT2D eigenvalue weighted by molar-refractivity contribution is -0.152. The van der Waals surface area contributed by atoms with E-state index in [-0.39, 0.29) is 6.61 Å². The molecule has 0 spiro atoms. The highest BCUT2D eigenvalue weighted by Crippen LogP contribution is 2.24. The van der Waals surface area contributed by atoms with Gasteiger partial charge in [-0.15, -0.1) is 0 Å². The molecule has 1 rings (SSSR count). The first-order chi connectivity index (χ1) is 6.02. The molecule has 1 saturated heterocycles. The summed E-state index contributed by atoms with van der Waals surface area (Å²) >= 11 is 0. The molecule has 5 heteroatoms. The summed E-state index contributed by atoms with van der Waals surface area (Å²) in [6.07, 6.45) is -2.24. The van der Waals surface area contributed by atoms with Crippen LogP contribution in [0.4, 0.5) is 4.39 Å². The Hall–Kier alpha value is -1.13. The number of hydrogen-bond acceptors (Lipinski definition) is 4. The zero-order chi connectivity index (χ0) is 10.0. The van der Waals surface area contributed by atoms with Gasteiger partial charge in [0, 0.05) is 12.8 Å². The molecule has 0 radical (unpaired) electrons. The fraction of sp³-hybridized carbons (Fsp3) is 0.750. The summed E-state index contributed by atoms with van der Waals surface area (Å²) in [5.74, 6) is -1.89. The second-order valence-electron chi connectivity index (χ2n) is 3.04. The number of cyclic esters (lactones) is 1. The minimum absolute atomic E-state index is 0.0668. The van der Waals surface area contributed by atoms with Gasteiger partial charge in [-0.05, 0) is 0 Å². The van der Waals surface area contributed by atoms with E-state index in [0.29, 0.717) is 0 Å². The van der Waals surface area contributed by atoms with E-state index in [1.165, 1.54) is 6.92 Å². The topological polar surface area (TPSA) is 52.6 Å². The molecular formula is C8H11FO4. The Kier molecular flexibility index (Phi) is 2.85. The molecule has 0 saturated carbocycles. The van der Waals surface area contributed by atoms with Gasteiger partial charge < -0.3 is 9.47 Å². The monoisotopic (exact) mass is 190 g/mol. The molecule has 1 aliphatic rings. The van der Waals surface area contributed by atoms with Crippen molar-refractivity contribution in [3.63, 3.8) is 0 Å². The molecular weight excluding hydrogens is 179 g/mol. The summed E-state index contributed by atoms with van der Waals surface area (Å²) < 4.78 is 22.1. The Balaban J connectivity index is 2.44. The number of halogens is 1. The van der Waals surface area contributed by atoms with Crippen molar-refractivity contribution >= 4 is 11.9 Å².